The van der Waals surface area contributed by atoms with Crippen LogP contribution in [-0.4, -0.2) is 44.9 Å². The molecular weight excluding hydrogens is 485 g/mol. The Kier molecular flexibility index (Phi) is 7.62. The third kappa shape index (κ3) is 5.37. The highest BCUT2D eigenvalue weighted by Gasteiger charge is 2.35. The van der Waals surface area contributed by atoms with Crippen molar-refractivity contribution in [3.05, 3.63) is 89.7 Å². The highest BCUT2D eigenvalue weighted by atomic mass is 19.1. The van der Waals surface area contributed by atoms with E-state index in [1.165, 1.54) is 15.6 Å². The van der Waals surface area contributed by atoms with Gasteiger partial charge in [0.1, 0.15) is 29.7 Å². The minimum absolute atomic E-state index is 0.000698. The molecule has 4 aromatic rings. The fourth-order valence-corrected chi connectivity index (χ4v) is 5.09. The first-order valence-corrected chi connectivity index (χ1v) is 12.8. The summed E-state index contributed by atoms with van der Waals surface area (Å²) in [5, 5.41) is 11.4. The number of hydrogen-bond donors (Lipinski definition) is 1. The molecule has 0 bridgehead atoms. The summed E-state index contributed by atoms with van der Waals surface area (Å²) >= 11 is 0. The van der Waals surface area contributed by atoms with Gasteiger partial charge in [0.25, 0.3) is 0 Å². The van der Waals surface area contributed by atoms with Crippen LogP contribution in [0.15, 0.2) is 72.8 Å². The first kappa shape index (κ1) is 25.4. The minimum Gasteiger partial charge on any atom is -0.496 e. The molecule has 1 heterocycles. The van der Waals surface area contributed by atoms with Crippen LogP contribution in [0.3, 0.4) is 0 Å². The maximum atomic E-state index is 15.2. The minimum atomic E-state index is -1.19. The lowest BCUT2D eigenvalue weighted by Gasteiger charge is -2.33. The van der Waals surface area contributed by atoms with Crippen molar-refractivity contribution in [2.24, 2.45) is 0 Å². The van der Waals surface area contributed by atoms with Crippen molar-refractivity contribution in [2.75, 3.05) is 7.11 Å². The maximum absolute atomic E-state index is 15.2. The van der Waals surface area contributed by atoms with E-state index in [1.54, 1.807) is 31.4 Å². The zero-order valence-electron chi connectivity index (χ0n) is 21.2. The topological polar surface area (TPSA) is 89.3 Å². The SMILES string of the molecule is COc1ccccc1CN(C(=O)Cn1nnc2ccccc21)C(C(=O)NC1CCCC1)c1ccccc1F. The van der Waals surface area contributed by atoms with E-state index in [0.717, 1.165) is 25.7 Å². The van der Waals surface area contributed by atoms with E-state index in [4.69, 9.17) is 4.74 Å². The lowest BCUT2D eigenvalue weighted by molar-refractivity contribution is -0.142. The third-order valence-electron chi connectivity index (χ3n) is 7.02. The zero-order chi connectivity index (χ0) is 26.5. The first-order chi connectivity index (χ1) is 18.5. The zero-order valence-corrected chi connectivity index (χ0v) is 21.2. The molecule has 8 nitrogen and oxygen atoms in total. The van der Waals surface area contributed by atoms with Crippen molar-refractivity contribution < 1.29 is 18.7 Å². The van der Waals surface area contributed by atoms with Crippen LogP contribution in [0, 0.1) is 5.82 Å². The molecule has 1 N–H and O–H groups in total. The molecule has 196 valence electrons. The predicted octanol–water partition coefficient (Wildman–Crippen LogP) is 4.41. The van der Waals surface area contributed by atoms with E-state index in [0.29, 0.717) is 22.3 Å². The second-order valence-corrected chi connectivity index (χ2v) is 9.48. The number of carbonyl (C=O) groups excluding carboxylic acids is 2. The molecule has 2 amide bonds. The average Bonchev–Trinajstić information content (AvgIpc) is 3.59. The fraction of sp³-hybridized carbons (Fsp3) is 0.310. The molecule has 1 aromatic heterocycles. The summed E-state index contributed by atoms with van der Waals surface area (Å²) in [5.74, 6) is -0.793. The van der Waals surface area contributed by atoms with Gasteiger partial charge in [0.15, 0.2) is 0 Å². The number of nitrogens with zero attached hydrogens (tertiary/aromatic N) is 4. The van der Waals surface area contributed by atoms with E-state index in [9.17, 15) is 9.59 Å². The van der Waals surface area contributed by atoms with E-state index in [2.05, 4.69) is 15.6 Å². The van der Waals surface area contributed by atoms with E-state index in [-0.39, 0.29) is 24.7 Å². The highest BCUT2D eigenvalue weighted by molar-refractivity contribution is 5.89. The number of ether oxygens (including phenoxy) is 1. The molecule has 0 saturated heterocycles. The Bertz CT molecular complexity index is 1430. The molecule has 9 heteroatoms. The number of halogens is 1. The number of methoxy groups -OCH3 is 1. The second kappa shape index (κ2) is 11.4. The molecule has 5 rings (SSSR count). The summed E-state index contributed by atoms with van der Waals surface area (Å²) in [5.41, 5.74) is 2.17. The Hall–Kier alpha value is -4.27. The average molecular weight is 516 g/mol. The number of amides is 2. The molecule has 1 aliphatic carbocycles. The van der Waals surface area contributed by atoms with Gasteiger partial charge in [-0.1, -0.05) is 66.6 Å². The van der Waals surface area contributed by atoms with Crippen molar-refractivity contribution in [2.45, 2.75) is 50.9 Å². The van der Waals surface area contributed by atoms with Gasteiger partial charge in [0.05, 0.1) is 19.2 Å². The summed E-state index contributed by atoms with van der Waals surface area (Å²) in [6.07, 6.45) is 3.78. The standard InChI is InChI=1S/C29H30FN5O3/c1-38-26-17-9-2-10-20(26)18-34(27(36)19-35-25-16-8-7-15-24(25)32-33-35)28(22-13-5-6-14-23(22)30)29(37)31-21-11-3-4-12-21/h2,5-10,13-17,21,28H,3-4,11-12,18-19H2,1H3,(H,31,37). The summed E-state index contributed by atoms with van der Waals surface area (Å²) < 4.78 is 22.3. The number of rotatable bonds is 9. The second-order valence-electron chi connectivity index (χ2n) is 9.48. The van der Waals surface area contributed by atoms with Gasteiger partial charge in [-0.2, -0.15) is 0 Å². The Morgan fingerprint density at radius 1 is 1.05 bits per heavy atom. The molecule has 1 fully saturated rings. The van der Waals surface area contributed by atoms with Crippen LogP contribution in [0.25, 0.3) is 11.0 Å². The number of aromatic nitrogens is 3. The number of benzene rings is 3. The van der Waals surface area contributed by atoms with Crippen LogP contribution in [0.2, 0.25) is 0 Å². The maximum Gasteiger partial charge on any atom is 0.247 e. The van der Waals surface area contributed by atoms with Crippen LogP contribution in [-0.2, 0) is 22.7 Å². The number of nitrogens with one attached hydrogen (secondary N) is 1. The quantitative estimate of drug-likeness (QED) is 0.357. The van der Waals surface area contributed by atoms with Gasteiger partial charge < -0.3 is 15.0 Å². The Labute approximate surface area is 220 Å². The molecule has 1 saturated carbocycles. The van der Waals surface area contributed by atoms with Crippen LogP contribution in [0.1, 0.15) is 42.9 Å². The van der Waals surface area contributed by atoms with Gasteiger partial charge in [0.2, 0.25) is 11.8 Å². The van der Waals surface area contributed by atoms with E-state index >= 15 is 4.39 Å². The molecular formula is C29H30FN5O3. The third-order valence-corrected chi connectivity index (χ3v) is 7.02. The van der Waals surface area contributed by atoms with Gasteiger partial charge in [-0.25, -0.2) is 9.07 Å². The largest absolute Gasteiger partial charge is 0.496 e. The fourth-order valence-electron chi connectivity index (χ4n) is 5.09. The van der Waals surface area contributed by atoms with Crippen molar-refractivity contribution in [1.82, 2.24) is 25.2 Å². The summed E-state index contributed by atoms with van der Waals surface area (Å²) in [4.78, 5) is 29.3. The lowest BCUT2D eigenvalue weighted by atomic mass is 10.0. The van der Waals surface area contributed by atoms with Crippen LogP contribution in [0.5, 0.6) is 5.75 Å². The molecule has 1 unspecified atom stereocenters. The van der Waals surface area contributed by atoms with Gasteiger partial charge in [-0.15, -0.1) is 5.10 Å². The van der Waals surface area contributed by atoms with E-state index < -0.39 is 23.7 Å². The predicted molar refractivity (Wildman–Crippen MR) is 141 cm³/mol. The van der Waals surface area contributed by atoms with Crippen LogP contribution in [0.4, 0.5) is 4.39 Å². The molecule has 3 aromatic carbocycles. The summed E-state index contributed by atoms with van der Waals surface area (Å²) in [7, 11) is 1.55. The van der Waals surface area contributed by atoms with Crippen molar-refractivity contribution in [1.29, 1.82) is 0 Å². The monoisotopic (exact) mass is 515 g/mol. The van der Waals surface area contributed by atoms with Gasteiger partial charge in [-0.3, -0.25) is 9.59 Å². The number of fused-ring (bicyclic) bond motifs is 1. The summed E-state index contributed by atoms with van der Waals surface area (Å²) in [6.45, 7) is -0.135. The number of hydrogen-bond acceptors (Lipinski definition) is 5. The van der Waals surface area contributed by atoms with Crippen molar-refractivity contribution >= 4 is 22.8 Å². The molecule has 0 radical (unpaired) electrons. The van der Waals surface area contributed by atoms with Gasteiger partial charge in [0, 0.05) is 17.2 Å². The molecule has 0 spiro atoms. The normalized spacial score (nSPS) is 14.4. The Morgan fingerprint density at radius 2 is 1.76 bits per heavy atom. The van der Waals surface area contributed by atoms with E-state index in [1.807, 2.05) is 42.5 Å². The van der Waals surface area contributed by atoms with Crippen LogP contribution < -0.4 is 10.1 Å². The number of carbonyl (C=O) groups is 2. The Balaban J connectivity index is 1.56. The van der Waals surface area contributed by atoms with Crippen molar-refractivity contribution in [3.63, 3.8) is 0 Å². The smallest absolute Gasteiger partial charge is 0.247 e. The van der Waals surface area contributed by atoms with Gasteiger partial charge >= 0.3 is 0 Å². The molecule has 0 aliphatic heterocycles. The van der Waals surface area contributed by atoms with Gasteiger partial charge in [-0.05, 0) is 37.1 Å². The Morgan fingerprint density at radius 3 is 2.55 bits per heavy atom. The molecule has 1 atom stereocenters. The number of para-hydroxylation sites is 2. The highest BCUT2D eigenvalue weighted by Crippen LogP contribution is 2.30. The lowest BCUT2D eigenvalue weighted by Crippen LogP contribution is -2.47. The van der Waals surface area contributed by atoms with Crippen molar-refractivity contribution in [3.8, 4) is 5.75 Å². The molecule has 1 aliphatic rings. The summed E-state index contributed by atoms with van der Waals surface area (Å²) in [6, 6.07) is 19.5. The first-order valence-electron chi connectivity index (χ1n) is 12.8. The molecule has 38 heavy (non-hydrogen) atoms. The van der Waals surface area contributed by atoms with Crippen LogP contribution >= 0.6 is 0 Å².